The monoisotopic (exact) mass is 488 g/mol. The molecule has 0 aliphatic rings. The van der Waals surface area contributed by atoms with Crippen LogP contribution in [0.2, 0.25) is 5.02 Å². The summed E-state index contributed by atoms with van der Waals surface area (Å²) < 4.78 is 41.4. The van der Waals surface area contributed by atoms with Crippen LogP contribution >= 0.6 is 11.6 Å². The first-order valence-electron chi connectivity index (χ1n) is 10.4. The minimum Gasteiger partial charge on any atom is -0.348 e. The van der Waals surface area contributed by atoms with Crippen LogP contribution < -0.4 is 9.62 Å². The summed E-state index contributed by atoms with van der Waals surface area (Å²) in [5.74, 6) is -1.18. The molecule has 1 N–H and O–H groups in total. The van der Waals surface area contributed by atoms with Gasteiger partial charge in [0, 0.05) is 0 Å². The molecule has 8 heteroatoms. The maximum atomic E-state index is 13.7. The average Bonchev–Trinajstić information content (AvgIpc) is 2.77. The Labute approximate surface area is 199 Å². The van der Waals surface area contributed by atoms with E-state index in [2.05, 4.69) is 11.4 Å². The molecule has 0 saturated carbocycles. The lowest BCUT2D eigenvalue weighted by Gasteiger charge is -2.26. The summed E-state index contributed by atoms with van der Waals surface area (Å²) in [5.41, 5.74) is 4.34. The van der Waals surface area contributed by atoms with Gasteiger partial charge in [0.05, 0.1) is 21.6 Å². The van der Waals surface area contributed by atoms with E-state index in [1.54, 1.807) is 18.2 Å². The van der Waals surface area contributed by atoms with E-state index in [1.807, 2.05) is 33.8 Å². The van der Waals surface area contributed by atoms with Crippen molar-refractivity contribution >= 4 is 33.2 Å². The van der Waals surface area contributed by atoms with Crippen molar-refractivity contribution < 1.29 is 17.6 Å². The molecule has 0 aliphatic heterocycles. The van der Waals surface area contributed by atoms with Crippen LogP contribution in [-0.2, 0) is 14.8 Å². The molecule has 1 amide bonds. The van der Waals surface area contributed by atoms with Crippen molar-refractivity contribution in [3.8, 4) is 0 Å². The number of halogens is 2. The Morgan fingerprint density at radius 2 is 1.64 bits per heavy atom. The van der Waals surface area contributed by atoms with Crippen LogP contribution in [0.4, 0.5) is 10.1 Å². The molecular formula is C25H26ClFN2O3S. The van der Waals surface area contributed by atoms with Crippen LogP contribution in [0.3, 0.4) is 0 Å². The van der Waals surface area contributed by atoms with Gasteiger partial charge in [-0.15, -0.1) is 0 Å². The van der Waals surface area contributed by atoms with Crippen molar-refractivity contribution in [2.24, 2.45) is 0 Å². The van der Waals surface area contributed by atoms with Crippen LogP contribution in [-0.4, -0.2) is 20.9 Å². The van der Waals surface area contributed by atoms with Crippen LogP contribution in [0, 0.1) is 26.6 Å². The summed E-state index contributed by atoms with van der Waals surface area (Å²) in [5, 5.41) is 2.65. The largest absolute Gasteiger partial charge is 0.348 e. The summed E-state index contributed by atoms with van der Waals surface area (Å²) in [6, 6.07) is 15.0. The Morgan fingerprint density at radius 3 is 2.27 bits per heavy atom. The molecule has 3 aromatic carbocycles. The second-order valence-electron chi connectivity index (χ2n) is 8.01. The van der Waals surface area contributed by atoms with Crippen molar-refractivity contribution in [1.29, 1.82) is 0 Å². The highest BCUT2D eigenvalue weighted by Gasteiger charge is 2.28. The van der Waals surface area contributed by atoms with E-state index in [9.17, 15) is 17.6 Å². The first-order chi connectivity index (χ1) is 15.5. The Kier molecular flexibility index (Phi) is 7.44. The van der Waals surface area contributed by atoms with E-state index in [-0.39, 0.29) is 21.6 Å². The average molecular weight is 489 g/mol. The maximum Gasteiger partial charge on any atom is 0.264 e. The van der Waals surface area contributed by atoms with Crippen LogP contribution in [0.1, 0.15) is 35.2 Å². The highest BCUT2D eigenvalue weighted by atomic mass is 35.5. The Balaban J connectivity index is 1.92. The molecule has 5 nitrogen and oxygen atoms in total. The zero-order chi connectivity index (χ0) is 24.3. The number of hydrogen-bond donors (Lipinski definition) is 1. The van der Waals surface area contributed by atoms with Gasteiger partial charge in [-0.1, -0.05) is 41.9 Å². The minimum atomic E-state index is -4.11. The fourth-order valence-electron chi connectivity index (χ4n) is 3.62. The summed E-state index contributed by atoms with van der Waals surface area (Å²) in [7, 11) is -4.11. The third-order valence-electron chi connectivity index (χ3n) is 5.54. The molecule has 0 heterocycles. The Hall–Kier alpha value is -2.90. The summed E-state index contributed by atoms with van der Waals surface area (Å²) in [6.07, 6.45) is 0. The van der Waals surface area contributed by atoms with E-state index in [0.29, 0.717) is 0 Å². The number of rotatable bonds is 7. The fraction of sp³-hybridized carbons (Fsp3) is 0.240. The summed E-state index contributed by atoms with van der Waals surface area (Å²) in [6.45, 7) is 7.35. The van der Waals surface area contributed by atoms with Crippen molar-refractivity contribution in [3.63, 3.8) is 0 Å². The number of sulfonamides is 1. The molecule has 174 valence electrons. The molecule has 0 radical (unpaired) electrons. The van der Waals surface area contributed by atoms with Gasteiger partial charge in [-0.2, -0.15) is 0 Å². The van der Waals surface area contributed by atoms with E-state index < -0.39 is 28.3 Å². The molecule has 33 heavy (non-hydrogen) atoms. The number of nitrogens with one attached hydrogen (secondary N) is 1. The van der Waals surface area contributed by atoms with Gasteiger partial charge < -0.3 is 5.32 Å². The molecule has 1 atom stereocenters. The number of hydrogen-bond acceptors (Lipinski definition) is 3. The van der Waals surface area contributed by atoms with Crippen LogP contribution in [0.25, 0.3) is 0 Å². The lowest BCUT2D eigenvalue weighted by molar-refractivity contribution is -0.120. The number of nitrogens with zero attached hydrogens (tertiary/aromatic N) is 1. The predicted octanol–water partition coefficient (Wildman–Crippen LogP) is 5.48. The van der Waals surface area contributed by atoms with Crippen molar-refractivity contribution in [2.45, 2.75) is 38.6 Å². The van der Waals surface area contributed by atoms with Gasteiger partial charge in [-0.25, -0.2) is 12.8 Å². The number of aryl methyl sites for hydroxylation is 3. The lowest BCUT2D eigenvalue weighted by Crippen LogP contribution is -2.41. The molecule has 0 bridgehead atoms. The Bertz CT molecular complexity index is 1280. The number of anilines is 1. The molecule has 0 aliphatic carbocycles. The smallest absolute Gasteiger partial charge is 0.264 e. The predicted molar refractivity (Wildman–Crippen MR) is 130 cm³/mol. The lowest BCUT2D eigenvalue weighted by atomic mass is 9.96. The Morgan fingerprint density at radius 1 is 1.00 bits per heavy atom. The highest BCUT2D eigenvalue weighted by Crippen LogP contribution is 2.28. The second-order valence-corrected chi connectivity index (χ2v) is 10.3. The first kappa shape index (κ1) is 24.7. The first-order valence-corrected chi connectivity index (χ1v) is 12.2. The van der Waals surface area contributed by atoms with Gasteiger partial charge >= 0.3 is 0 Å². The third-order valence-corrected chi connectivity index (χ3v) is 7.61. The number of benzene rings is 3. The van der Waals surface area contributed by atoms with Crippen molar-refractivity contribution in [2.75, 3.05) is 10.8 Å². The SMILES string of the molecule is Cc1cc(C)c([C@H](C)NC(=O)CN(c2ccc(F)c(Cl)c2)S(=O)(=O)c2ccccc2)cc1C. The van der Waals surface area contributed by atoms with Crippen molar-refractivity contribution in [1.82, 2.24) is 5.32 Å². The molecular weight excluding hydrogens is 463 g/mol. The molecule has 3 rings (SSSR count). The fourth-order valence-corrected chi connectivity index (χ4v) is 5.23. The van der Waals surface area contributed by atoms with E-state index in [1.165, 1.54) is 24.3 Å². The van der Waals surface area contributed by atoms with Crippen LogP contribution in [0.15, 0.2) is 65.6 Å². The molecule has 0 unspecified atom stereocenters. The standard InChI is InChI=1S/C25H26ClFN2O3S/c1-16-12-18(3)22(13-17(16)2)19(4)28-25(30)15-29(20-10-11-24(27)23(26)14-20)33(31,32)21-8-6-5-7-9-21/h5-14,19H,15H2,1-4H3,(H,28,30)/t19-/m0/s1. The highest BCUT2D eigenvalue weighted by molar-refractivity contribution is 7.92. The van der Waals surface area contributed by atoms with Gasteiger partial charge in [-0.05, 0) is 80.3 Å². The normalized spacial score (nSPS) is 12.3. The zero-order valence-corrected chi connectivity index (χ0v) is 20.5. The van der Waals surface area contributed by atoms with Gasteiger partial charge in [-0.3, -0.25) is 9.10 Å². The molecule has 0 fully saturated rings. The number of carbonyl (C=O) groups excluding carboxylic acids is 1. The molecule has 0 saturated heterocycles. The molecule has 0 aromatic heterocycles. The van der Waals surface area contributed by atoms with Crippen LogP contribution in [0.5, 0.6) is 0 Å². The zero-order valence-electron chi connectivity index (χ0n) is 18.9. The maximum absolute atomic E-state index is 13.7. The number of carbonyl (C=O) groups is 1. The van der Waals surface area contributed by atoms with Gasteiger partial charge in [0.25, 0.3) is 10.0 Å². The van der Waals surface area contributed by atoms with Gasteiger partial charge in [0.1, 0.15) is 12.4 Å². The van der Waals surface area contributed by atoms with Gasteiger partial charge in [0.15, 0.2) is 0 Å². The summed E-state index contributed by atoms with van der Waals surface area (Å²) in [4.78, 5) is 13.0. The third kappa shape index (κ3) is 5.54. The summed E-state index contributed by atoms with van der Waals surface area (Å²) >= 11 is 5.90. The number of amides is 1. The topological polar surface area (TPSA) is 66.5 Å². The van der Waals surface area contributed by atoms with E-state index >= 15 is 0 Å². The molecule has 0 spiro atoms. The second kappa shape index (κ2) is 9.93. The van der Waals surface area contributed by atoms with Gasteiger partial charge in [0.2, 0.25) is 5.91 Å². The molecule has 3 aromatic rings. The minimum absolute atomic E-state index is 0.0105. The quantitative estimate of drug-likeness (QED) is 0.479. The van der Waals surface area contributed by atoms with E-state index in [4.69, 9.17) is 11.6 Å². The van der Waals surface area contributed by atoms with E-state index in [0.717, 1.165) is 32.6 Å². The van der Waals surface area contributed by atoms with Crippen molar-refractivity contribution in [3.05, 3.63) is 93.8 Å².